The standard InChI is InChI=1S/C16H22F2N2O2/c1-10(8-21)11(2)20-15(22)19-9-16(5-6-16)13-4-3-12(17)7-14(13)18/h3-4,7,10-11,21H,5-6,8-9H2,1-2H3,(H2,19,20,22). The Labute approximate surface area is 128 Å². The average Bonchev–Trinajstić information content (AvgIpc) is 3.25. The van der Waals surface area contributed by atoms with E-state index in [0.29, 0.717) is 12.1 Å². The number of rotatable bonds is 6. The Morgan fingerprint density at radius 3 is 2.59 bits per heavy atom. The van der Waals surface area contributed by atoms with Gasteiger partial charge in [-0.05, 0) is 37.3 Å². The number of aliphatic hydroxyl groups excluding tert-OH is 1. The predicted molar refractivity (Wildman–Crippen MR) is 79.5 cm³/mol. The minimum atomic E-state index is -0.602. The van der Waals surface area contributed by atoms with Crippen LogP contribution in [0.1, 0.15) is 32.3 Å². The van der Waals surface area contributed by atoms with E-state index in [0.717, 1.165) is 18.9 Å². The van der Waals surface area contributed by atoms with Crippen LogP contribution in [0.2, 0.25) is 0 Å². The average molecular weight is 312 g/mol. The van der Waals surface area contributed by atoms with Crippen LogP contribution in [-0.4, -0.2) is 30.3 Å². The number of hydrogen-bond acceptors (Lipinski definition) is 2. The zero-order valence-corrected chi connectivity index (χ0v) is 12.8. The van der Waals surface area contributed by atoms with Crippen molar-refractivity contribution < 1.29 is 18.7 Å². The number of hydrogen-bond donors (Lipinski definition) is 3. The second-order valence-corrected chi connectivity index (χ2v) is 6.18. The van der Waals surface area contributed by atoms with Crippen molar-refractivity contribution in [1.29, 1.82) is 0 Å². The maximum absolute atomic E-state index is 13.9. The van der Waals surface area contributed by atoms with E-state index in [1.54, 1.807) is 0 Å². The number of carbonyl (C=O) groups is 1. The molecule has 2 atom stereocenters. The number of aliphatic hydroxyl groups is 1. The molecule has 1 saturated carbocycles. The van der Waals surface area contributed by atoms with E-state index in [-0.39, 0.29) is 24.6 Å². The summed E-state index contributed by atoms with van der Waals surface area (Å²) >= 11 is 0. The predicted octanol–water partition coefficient (Wildman–Crippen LogP) is 2.31. The second-order valence-electron chi connectivity index (χ2n) is 6.18. The summed E-state index contributed by atoms with van der Waals surface area (Å²) in [5, 5.41) is 14.5. The molecular weight excluding hydrogens is 290 g/mol. The molecule has 2 unspecified atom stereocenters. The van der Waals surface area contributed by atoms with Gasteiger partial charge in [-0.2, -0.15) is 0 Å². The zero-order chi connectivity index (χ0) is 16.3. The van der Waals surface area contributed by atoms with E-state index >= 15 is 0 Å². The molecule has 0 spiro atoms. The molecule has 0 aliphatic heterocycles. The Bertz CT molecular complexity index is 547. The van der Waals surface area contributed by atoms with Gasteiger partial charge in [-0.15, -0.1) is 0 Å². The van der Waals surface area contributed by atoms with Crippen LogP contribution in [-0.2, 0) is 5.41 Å². The first kappa shape index (κ1) is 16.7. The summed E-state index contributed by atoms with van der Waals surface area (Å²) in [6.45, 7) is 3.95. The van der Waals surface area contributed by atoms with Crippen LogP contribution in [0, 0.1) is 17.6 Å². The summed E-state index contributed by atoms with van der Waals surface area (Å²) in [6.07, 6.45) is 1.52. The number of carbonyl (C=O) groups excluding carboxylic acids is 1. The molecule has 3 N–H and O–H groups in total. The third-order valence-corrected chi connectivity index (χ3v) is 4.44. The van der Waals surface area contributed by atoms with Crippen molar-refractivity contribution in [3.8, 4) is 0 Å². The topological polar surface area (TPSA) is 61.4 Å². The number of amides is 2. The largest absolute Gasteiger partial charge is 0.396 e. The van der Waals surface area contributed by atoms with Gasteiger partial charge in [0.25, 0.3) is 0 Å². The van der Waals surface area contributed by atoms with Crippen molar-refractivity contribution in [2.45, 2.75) is 38.1 Å². The molecule has 1 aromatic rings. The van der Waals surface area contributed by atoms with Crippen LogP contribution in [0.3, 0.4) is 0 Å². The molecule has 0 radical (unpaired) electrons. The van der Waals surface area contributed by atoms with E-state index in [9.17, 15) is 13.6 Å². The Morgan fingerprint density at radius 1 is 1.36 bits per heavy atom. The number of nitrogens with one attached hydrogen (secondary N) is 2. The van der Waals surface area contributed by atoms with Crippen LogP contribution in [0.5, 0.6) is 0 Å². The maximum atomic E-state index is 13.9. The van der Waals surface area contributed by atoms with Crippen molar-refractivity contribution in [1.82, 2.24) is 10.6 Å². The summed E-state index contributed by atoms with van der Waals surface area (Å²) in [4.78, 5) is 11.9. The summed E-state index contributed by atoms with van der Waals surface area (Å²) < 4.78 is 26.9. The molecule has 0 bridgehead atoms. The second kappa shape index (κ2) is 6.60. The van der Waals surface area contributed by atoms with Crippen molar-refractivity contribution in [2.75, 3.05) is 13.2 Å². The summed E-state index contributed by atoms with van der Waals surface area (Å²) in [5.41, 5.74) is 0.0204. The third-order valence-electron chi connectivity index (χ3n) is 4.44. The van der Waals surface area contributed by atoms with Crippen molar-refractivity contribution in [3.05, 3.63) is 35.4 Å². The van der Waals surface area contributed by atoms with Gasteiger partial charge in [0.05, 0.1) is 0 Å². The Hall–Kier alpha value is -1.69. The molecule has 0 aromatic heterocycles. The van der Waals surface area contributed by atoms with Gasteiger partial charge >= 0.3 is 6.03 Å². The van der Waals surface area contributed by atoms with Gasteiger partial charge < -0.3 is 15.7 Å². The highest BCUT2D eigenvalue weighted by Crippen LogP contribution is 2.48. The van der Waals surface area contributed by atoms with Crippen molar-refractivity contribution in [3.63, 3.8) is 0 Å². The molecule has 6 heteroatoms. The fourth-order valence-corrected chi connectivity index (χ4v) is 2.42. The highest BCUT2D eigenvalue weighted by molar-refractivity contribution is 5.74. The molecule has 1 aliphatic carbocycles. The van der Waals surface area contributed by atoms with Crippen LogP contribution < -0.4 is 10.6 Å². The van der Waals surface area contributed by atoms with Gasteiger partial charge in [-0.25, -0.2) is 13.6 Å². The summed E-state index contributed by atoms with van der Waals surface area (Å²) in [5.74, 6) is -1.22. The lowest BCUT2D eigenvalue weighted by Crippen LogP contribution is -2.46. The zero-order valence-electron chi connectivity index (χ0n) is 12.8. The van der Waals surface area contributed by atoms with Crippen LogP contribution in [0.4, 0.5) is 13.6 Å². The van der Waals surface area contributed by atoms with E-state index in [4.69, 9.17) is 5.11 Å². The highest BCUT2D eigenvalue weighted by atomic mass is 19.1. The smallest absolute Gasteiger partial charge is 0.315 e. The van der Waals surface area contributed by atoms with Crippen LogP contribution in [0.25, 0.3) is 0 Å². The lowest BCUT2D eigenvalue weighted by Gasteiger charge is -2.22. The lowest BCUT2D eigenvalue weighted by molar-refractivity contribution is 0.200. The van der Waals surface area contributed by atoms with E-state index in [1.165, 1.54) is 12.1 Å². The molecule has 4 nitrogen and oxygen atoms in total. The normalized spacial score (nSPS) is 18.4. The van der Waals surface area contributed by atoms with Gasteiger partial charge in [-0.3, -0.25) is 0 Å². The van der Waals surface area contributed by atoms with Crippen LogP contribution >= 0.6 is 0 Å². The molecule has 1 fully saturated rings. The quantitative estimate of drug-likeness (QED) is 0.755. The minimum Gasteiger partial charge on any atom is -0.396 e. The molecule has 2 amide bonds. The Kier molecular flexibility index (Phi) is 5.01. The van der Waals surface area contributed by atoms with Crippen molar-refractivity contribution >= 4 is 6.03 Å². The summed E-state index contributed by atoms with van der Waals surface area (Å²) in [7, 11) is 0. The third kappa shape index (κ3) is 3.74. The molecular formula is C16H22F2N2O2. The Morgan fingerprint density at radius 2 is 2.05 bits per heavy atom. The first-order valence-corrected chi connectivity index (χ1v) is 7.49. The SMILES string of the molecule is CC(CO)C(C)NC(=O)NCC1(c2ccc(F)cc2F)CC1. The lowest BCUT2D eigenvalue weighted by atomic mass is 9.95. The van der Waals surface area contributed by atoms with Gasteiger partial charge in [0, 0.05) is 30.7 Å². The molecule has 2 rings (SSSR count). The van der Waals surface area contributed by atoms with E-state index in [1.807, 2.05) is 13.8 Å². The number of halogens is 2. The molecule has 22 heavy (non-hydrogen) atoms. The van der Waals surface area contributed by atoms with Crippen LogP contribution in [0.15, 0.2) is 18.2 Å². The highest BCUT2D eigenvalue weighted by Gasteiger charge is 2.46. The fraction of sp³-hybridized carbons (Fsp3) is 0.562. The molecule has 122 valence electrons. The Balaban J connectivity index is 1.92. The first-order valence-electron chi connectivity index (χ1n) is 7.49. The van der Waals surface area contributed by atoms with Gasteiger partial charge in [0.2, 0.25) is 0 Å². The van der Waals surface area contributed by atoms with Gasteiger partial charge in [0.15, 0.2) is 0 Å². The number of urea groups is 1. The molecule has 0 saturated heterocycles. The summed E-state index contributed by atoms with van der Waals surface area (Å²) in [6, 6.07) is 3.06. The maximum Gasteiger partial charge on any atom is 0.315 e. The van der Waals surface area contributed by atoms with E-state index in [2.05, 4.69) is 10.6 Å². The molecule has 1 aliphatic rings. The minimum absolute atomic E-state index is 0.00776. The molecule has 0 heterocycles. The van der Waals surface area contributed by atoms with Crippen molar-refractivity contribution in [2.24, 2.45) is 5.92 Å². The first-order chi connectivity index (χ1) is 10.4. The van der Waals surface area contributed by atoms with Gasteiger partial charge in [0.1, 0.15) is 11.6 Å². The fourth-order valence-electron chi connectivity index (χ4n) is 2.42. The van der Waals surface area contributed by atoms with Gasteiger partial charge in [-0.1, -0.05) is 13.0 Å². The monoisotopic (exact) mass is 312 g/mol. The number of benzene rings is 1. The molecule has 1 aromatic carbocycles. The van der Waals surface area contributed by atoms with E-state index < -0.39 is 17.0 Å².